The number of amides is 1. The maximum Gasteiger partial charge on any atom is 0.244 e. The molecular weight excluding hydrogens is 268 g/mol. The molecule has 1 aromatic rings. The third-order valence-electron chi connectivity index (χ3n) is 3.37. The molecule has 2 rings (SSSR count). The molecule has 1 aromatic carbocycles. The zero-order chi connectivity index (χ0) is 15.3. The molecule has 21 heavy (non-hydrogen) atoms. The molecule has 0 aliphatic heterocycles. The fourth-order valence-corrected chi connectivity index (χ4v) is 1.89. The SMILES string of the molecule is CC(C)OCCOCc1cccc(NC(=O)C2(N)CC2)c1. The minimum absolute atomic E-state index is 0.106. The molecule has 1 fully saturated rings. The summed E-state index contributed by atoms with van der Waals surface area (Å²) in [6, 6.07) is 7.63. The summed E-state index contributed by atoms with van der Waals surface area (Å²) in [5.41, 5.74) is 6.98. The summed E-state index contributed by atoms with van der Waals surface area (Å²) >= 11 is 0. The molecule has 116 valence electrons. The Hall–Kier alpha value is -1.43. The maximum absolute atomic E-state index is 11.9. The predicted octanol–water partition coefficient (Wildman–Crippen LogP) is 2.06. The zero-order valence-corrected chi connectivity index (χ0v) is 12.7. The van der Waals surface area contributed by atoms with Crippen LogP contribution in [0, 0.1) is 0 Å². The van der Waals surface area contributed by atoms with E-state index in [0.717, 1.165) is 24.1 Å². The van der Waals surface area contributed by atoms with Crippen molar-refractivity contribution in [3.63, 3.8) is 0 Å². The number of nitrogens with one attached hydrogen (secondary N) is 1. The molecule has 5 nitrogen and oxygen atoms in total. The number of hydrogen-bond acceptors (Lipinski definition) is 4. The molecule has 1 saturated carbocycles. The van der Waals surface area contributed by atoms with Crippen molar-refractivity contribution < 1.29 is 14.3 Å². The van der Waals surface area contributed by atoms with Gasteiger partial charge in [-0.1, -0.05) is 12.1 Å². The lowest BCUT2D eigenvalue weighted by atomic mass is 10.2. The number of benzene rings is 1. The molecule has 1 aliphatic rings. The van der Waals surface area contributed by atoms with Gasteiger partial charge in [-0.05, 0) is 44.4 Å². The number of rotatable bonds is 8. The molecule has 5 heteroatoms. The van der Waals surface area contributed by atoms with Crippen LogP contribution in [0.2, 0.25) is 0 Å². The predicted molar refractivity (Wildman–Crippen MR) is 82.0 cm³/mol. The summed E-state index contributed by atoms with van der Waals surface area (Å²) in [5.74, 6) is -0.106. The first kappa shape index (κ1) is 15.9. The minimum atomic E-state index is -0.652. The molecule has 0 unspecified atom stereocenters. The number of ether oxygens (including phenoxy) is 2. The van der Waals surface area contributed by atoms with Crippen molar-refractivity contribution in [2.24, 2.45) is 5.73 Å². The maximum atomic E-state index is 11.9. The van der Waals surface area contributed by atoms with Crippen LogP contribution >= 0.6 is 0 Å². The second kappa shape index (κ2) is 7.02. The van der Waals surface area contributed by atoms with E-state index in [1.165, 1.54) is 0 Å². The molecule has 0 heterocycles. The van der Waals surface area contributed by atoms with Crippen molar-refractivity contribution in [3.05, 3.63) is 29.8 Å². The van der Waals surface area contributed by atoms with Gasteiger partial charge in [0, 0.05) is 5.69 Å². The smallest absolute Gasteiger partial charge is 0.244 e. The molecule has 1 amide bonds. The lowest BCUT2D eigenvalue weighted by Gasteiger charge is -2.12. The Balaban J connectivity index is 1.76. The lowest BCUT2D eigenvalue weighted by molar-refractivity contribution is -0.118. The van der Waals surface area contributed by atoms with Gasteiger partial charge in [-0.25, -0.2) is 0 Å². The van der Waals surface area contributed by atoms with Crippen LogP contribution in [0.5, 0.6) is 0 Å². The molecule has 0 saturated heterocycles. The normalized spacial score (nSPS) is 16.0. The van der Waals surface area contributed by atoms with Crippen molar-refractivity contribution in [1.29, 1.82) is 0 Å². The van der Waals surface area contributed by atoms with E-state index in [4.69, 9.17) is 15.2 Å². The van der Waals surface area contributed by atoms with Crippen LogP contribution in [0.15, 0.2) is 24.3 Å². The average molecular weight is 292 g/mol. The van der Waals surface area contributed by atoms with E-state index in [1.54, 1.807) is 0 Å². The topological polar surface area (TPSA) is 73.6 Å². The van der Waals surface area contributed by atoms with Gasteiger partial charge in [0.25, 0.3) is 0 Å². The van der Waals surface area contributed by atoms with E-state index in [2.05, 4.69) is 5.32 Å². The highest BCUT2D eigenvalue weighted by Crippen LogP contribution is 2.33. The van der Waals surface area contributed by atoms with Gasteiger partial charge < -0.3 is 20.5 Å². The largest absolute Gasteiger partial charge is 0.376 e. The average Bonchev–Trinajstić information content (AvgIpc) is 3.18. The van der Waals surface area contributed by atoms with E-state index in [-0.39, 0.29) is 12.0 Å². The summed E-state index contributed by atoms with van der Waals surface area (Å²) in [5, 5.41) is 2.86. The van der Waals surface area contributed by atoms with Gasteiger partial charge in [0.15, 0.2) is 0 Å². The van der Waals surface area contributed by atoms with Gasteiger partial charge in [-0.3, -0.25) is 4.79 Å². The van der Waals surface area contributed by atoms with Crippen molar-refractivity contribution >= 4 is 11.6 Å². The number of hydrogen-bond donors (Lipinski definition) is 2. The van der Waals surface area contributed by atoms with Crippen LogP contribution in [-0.2, 0) is 20.9 Å². The molecule has 0 atom stereocenters. The Morgan fingerprint density at radius 1 is 1.38 bits per heavy atom. The highest BCUT2D eigenvalue weighted by Gasteiger charge is 2.45. The van der Waals surface area contributed by atoms with E-state index in [0.29, 0.717) is 19.8 Å². The van der Waals surface area contributed by atoms with Crippen molar-refractivity contribution in [2.75, 3.05) is 18.5 Å². The molecule has 1 aliphatic carbocycles. The molecule has 0 spiro atoms. The number of anilines is 1. The van der Waals surface area contributed by atoms with Gasteiger partial charge in [0.2, 0.25) is 5.91 Å². The van der Waals surface area contributed by atoms with Gasteiger partial charge in [-0.2, -0.15) is 0 Å². The third kappa shape index (κ3) is 5.12. The van der Waals surface area contributed by atoms with Crippen LogP contribution in [0.3, 0.4) is 0 Å². The van der Waals surface area contributed by atoms with E-state index in [1.807, 2.05) is 38.1 Å². The summed E-state index contributed by atoms with van der Waals surface area (Å²) in [6.07, 6.45) is 1.74. The van der Waals surface area contributed by atoms with Crippen LogP contribution in [0.25, 0.3) is 0 Å². The number of nitrogens with two attached hydrogens (primary N) is 1. The van der Waals surface area contributed by atoms with Crippen LogP contribution < -0.4 is 11.1 Å². The lowest BCUT2D eigenvalue weighted by Crippen LogP contribution is -2.37. The second-order valence-corrected chi connectivity index (χ2v) is 5.78. The number of carbonyl (C=O) groups is 1. The first-order valence-corrected chi connectivity index (χ1v) is 7.38. The van der Waals surface area contributed by atoms with Gasteiger partial charge in [0.05, 0.1) is 31.5 Å². The third-order valence-corrected chi connectivity index (χ3v) is 3.37. The monoisotopic (exact) mass is 292 g/mol. The van der Waals surface area contributed by atoms with Gasteiger partial charge >= 0.3 is 0 Å². The summed E-state index contributed by atoms with van der Waals surface area (Å²) < 4.78 is 11.0. The Morgan fingerprint density at radius 2 is 2.14 bits per heavy atom. The Bertz CT molecular complexity index is 484. The van der Waals surface area contributed by atoms with Crippen LogP contribution in [0.4, 0.5) is 5.69 Å². The Labute approximate surface area is 125 Å². The van der Waals surface area contributed by atoms with E-state index in [9.17, 15) is 4.79 Å². The highest BCUT2D eigenvalue weighted by molar-refractivity contribution is 6.00. The molecule has 0 bridgehead atoms. The highest BCUT2D eigenvalue weighted by atomic mass is 16.5. The van der Waals surface area contributed by atoms with E-state index >= 15 is 0 Å². The Morgan fingerprint density at radius 3 is 2.81 bits per heavy atom. The van der Waals surface area contributed by atoms with Gasteiger partial charge in [0.1, 0.15) is 0 Å². The standard InChI is InChI=1S/C16H24N2O3/c1-12(2)21-9-8-20-11-13-4-3-5-14(10-13)18-15(19)16(17)6-7-16/h3-5,10,12H,6-9,11,17H2,1-2H3,(H,18,19). The fraction of sp³-hybridized carbons (Fsp3) is 0.562. The van der Waals surface area contributed by atoms with Crippen molar-refractivity contribution in [1.82, 2.24) is 0 Å². The first-order valence-electron chi connectivity index (χ1n) is 7.38. The summed E-state index contributed by atoms with van der Waals surface area (Å²) in [7, 11) is 0. The Kier molecular flexibility index (Phi) is 5.33. The number of carbonyl (C=O) groups excluding carboxylic acids is 1. The zero-order valence-electron chi connectivity index (χ0n) is 12.7. The fourth-order valence-electron chi connectivity index (χ4n) is 1.89. The van der Waals surface area contributed by atoms with Crippen LogP contribution in [0.1, 0.15) is 32.3 Å². The second-order valence-electron chi connectivity index (χ2n) is 5.78. The summed E-state index contributed by atoms with van der Waals surface area (Å²) in [4.78, 5) is 11.9. The quantitative estimate of drug-likeness (QED) is 0.719. The van der Waals surface area contributed by atoms with Crippen molar-refractivity contribution in [3.8, 4) is 0 Å². The molecule has 0 aromatic heterocycles. The molecular formula is C16H24N2O3. The van der Waals surface area contributed by atoms with Gasteiger partial charge in [-0.15, -0.1) is 0 Å². The van der Waals surface area contributed by atoms with Crippen LogP contribution in [-0.4, -0.2) is 30.8 Å². The van der Waals surface area contributed by atoms with E-state index < -0.39 is 5.54 Å². The molecule has 3 N–H and O–H groups in total. The summed E-state index contributed by atoms with van der Waals surface area (Å²) in [6.45, 7) is 5.63. The minimum Gasteiger partial charge on any atom is -0.376 e. The molecule has 0 radical (unpaired) electrons. The van der Waals surface area contributed by atoms with Crippen molar-refractivity contribution in [2.45, 2.75) is 44.9 Å². The first-order chi connectivity index (χ1) is 9.99.